The molecule has 1 fully saturated rings. The highest BCUT2D eigenvalue weighted by molar-refractivity contribution is 5.73. The summed E-state index contributed by atoms with van der Waals surface area (Å²) < 4.78 is 9.96. The van der Waals surface area contributed by atoms with Crippen LogP contribution in [0.15, 0.2) is 4.52 Å². The Labute approximate surface area is 106 Å². The molecule has 0 N–H and O–H groups in total. The molecule has 100 valence electrons. The van der Waals surface area contributed by atoms with Crippen molar-refractivity contribution in [3.63, 3.8) is 0 Å². The number of rotatable bonds is 4. The maximum absolute atomic E-state index is 11.6. The standard InChI is InChI=1S/C12H19N3O3/c1-4-10-13-11(18-14-10)7-15-5-8(2)9(6-15)12(16)17-3/h8-9H,4-7H2,1-3H3. The molecule has 2 rings (SSSR count). The molecule has 0 amide bonds. The molecule has 0 aromatic carbocycles. The van der Waals surface area contributed by atoms with E-state index >= 15 is 0 Å². The Kier molecular flexibility index (Phi) is 3.96. The molecule has 18 heavy (non-hydrogen) atoms. The Morgan fingerprint density at radius 3 is 2.94 bits per heavy atom. The third kappa shape index (κ3) is 2.69. The molecule has 0 aliphatic carbocycles. The highest BCUT2D eigenvalue weighted by Gasteiger charge is 2.35. The fraction of sp³-hybridized carbons (Fsp3) is 0.750. The van der Waals surface area contributed by atoms with Gasteiger partial charge in [-0.2, -0.15) is 4.98 Å². The monoisotopic (exact) mass is 253 g/mol. The summed E-state index contributed by atoms with van der Waals surface area (Å²) in [6.45, 7) is 6.19. The number of hydrogen-bond donors (Lipinski definition) is 0. The molecule has 1 aliphatic heterocycles. The minimum Gasteiger partial charge on any atom is -0.469 e. The SMILES string of the molecule is CCc1noc(CN2CC(C)C(C(=O)OC)C2)n1. The van der Waals surface area contributed by atoms with Crippen molar-refractivity contribution in [1.82, 2.24) is 15.0 Å². The van der Waals surface area contributed by atoms with Crippen molar-refractivity contribution >= 4 is 5.97 Å². The van der Waals surface area contributed by atoms with Crippen LogP contribution in [0.5, 0.6) is 0 Å². The van der Waals surface area contributed by atoms with Gasteiger partial charge >= 0.3 is 5.97 Å². The molecule has 2 unspecified atom stereocenters. The second kappa shape index (κ2) is 5.48. The smallest absolute Gasteiger partial charge is 0.310 e. The van der Waals surface area contributed by atoms with Gasteiger partial charge in [-0.3, -0.25) is 9.69 Å². The molecule has 0 bridgehead atoms. The zero-order valence-electron chi connectivity index (χ0n) is 11.0. The van der Waals surface area contributed by atoms with Crippen molar-refractivity contribution < 1.29 is 14.1 Å². The Bertz CT molecular complexity index is 418. The molecule has 0 radical (unpaired) electrons. The van der Waals surface area contributed by atoms with E-state index in [0.717, 1.165) is 18.8 Å². The van der Waals surface area contributed by atoms with Crippen molar-refractivity contribution in [3.8, 4) is 0 Å². The van der Waals surface area contributed by atoms with Crippen LogP contribution in [0.1, 0.15) is 25.6 Å². The Morgan fingerprint density at radius 1 is 1.56 bits per heavy atom. The first kappa shape index (κ1) is 13.0. The van der Waals surface area contributed by atoms with Gasteiger partial charge in [0.2, 0.25) is 5.89 Å². The number of aromatic nitrogens is 2. The predicted molar refractivity (Wildman–Crippen MR) is 63.6 cm³/mol. The number of methoxy groups -OCH3 is 1. The van der Waals surface area contributed by atoms with E-state index < -0.39 is 0 Å². The van der Waals surface area contributed by atoms with Gasteiger partial charge in [0.05, 0.1) is 19.6 Å². The van der Waals surface area contributed by atoms with Crippen LogP contribution in [-0.4, -0.2) is 41.2 Å². The molecule has 0 saturated carbocycles. The summed E-state index contributed by atoms with van der Waals surface area (Å²) in [4.78, 5) is 18.0. The van der Waals surface area contributed by atoms with E-state index in [0.29, 0.717) is 24.9 Å². The van der Waals surface area contributed by atoms with E-state index in [-0.39, 0.29) is 11.9 Å². The number of likely N-dealkylation sites (tertiary alicyclic amines) is 1. The first-order valence-corrected chi connectivity index (χ1v) is 6.25. The Balaban J connectivity index is 1.94. The van der Waals surface area contributed by atoms with Gasteiger partial charge in [-0.1, -0.05) is 19.0 Å². The van der Waals surface area contributed by atoms with Crippen molar-refractivity contribution in [1.29, 1.82) is 0 Å². The van der Waals surface area contributed by atoms with Crippen LogP contribution in [-0.2, 0) is 22.5 Å². The average molecular weight is 253 g/mol. The lowest BCUT2D eigenvalue weighted by Gasteiger charge is -2.12. The highest BCUT2D eigenvalue weighted by atomic mass is 16.5. The van der Waals surface area contributed by atoms with E-state index in [2.05, 4.69) is 22.0 Å². The average Bonchev–Trinajstić information content (AvgIpc) is 2.95. The molecule has 2 atom stereocenters. The van der Waals surface area contributed by atoms with Crippen LogP contribution in [0.25, 0.3) is 0 Å². The Hall–Kier alpha value is -1.43. The number of carbonyl (C=O) groups excluding carboxylic acids is 1. The normalized spacial score (nSPS) is 24.4. The number of aryl methyl sites for hydroxylation is 1. The van der Waals surface area contributed by atoms with Crippen molar-refractivity contribution in [2.75, 3.05) is 20.2 Å². The second-order valence-corrected chi connectivity index (χ2v) is 4.76. The summed E-state index contributed by atoms with van der Waals surface area (Å²) in [5.74, 6) is 1.45. The van der Waals surface area contributed by atoms with Crippen LogP contribution in [0.3, 0.4) is 0 Å². The Morgan fingerprint density at radius 2 is 2.33 bits per heavy atom. The van der Waals surface area contributed by atoms with Crippen LogP contribution in [0.2, 0.25) is 0 Å². The third-order valence-electron chi connectivity index (χ3n) is 3.38. The molecule has 6 heteroatoms. The van der Waals surface area contributed by atoms with E-state index in [9.17, 15) is 4.79 Å². The number of nitrogens with zero attached hydrogens (tertiary/aromatic N) is 3. The van der Waals surface area contributed by atoms with Gasteiger partial charge in [0.1, 0.15) is 0 Å². The molecule has 6 nitrogen and oxygen atoms in total. The third-order valence-corrected chi connectivity index (χ3v) is 3.38. The lowest BCUT2D eigenvalue weighted by Crippen LogP contribution is -2.24. The maximum atomic E-state index is 11.6. The lowest BCUT2D eigenvalue weighted by molar-refractivity contribution is -0.146. The maximum Gasteiger partial charge on any atom is 0.310 e. The van der Waals surface area contributed by atoms with E-state index in [1.165, 1.54) is 7.11 Å². The largest absolute Gasteiger partial charge is 0.469 e. The van der Waals surface area contributed by atoms with Gasteiger partial charge in [-0.15, -0.1) is 0 Å². The van der Waals surface area contributed by atoms with E-state index in [1.807, 2.05) is 6.92 Å². The fourth-order valence-corrected chi connectivity index (χ4v) is 2.34. The summed E-state index contributed by atoms with van der Waals surface area (Å²) in [5, 5.41) is 3.86. The van der Waals surface area contributed by atoms with Gasteiger partial charge in [0.25, 0.3) is 0 Å². The predicted octanol–water partition coefficient (Wildman–Crippen LogP) is 0.873. The summed E-state index contributed by atoms with van der Waals surface area (Å²) >= 11 is 0. The number of hydrogen-bond acceptors (Lipinski definition) is 6. The summed E-state index contributed by atoms with van der Waals surface area (Å²) in [5.41, 5.74) is 0. The van der Waals surface area contributed by atoms with Crippen LogP contribution in [0, 0.1) is 11.8 Å². The first-order chi connectivity index (χ1) is 8.63. The highest BCUT2D eigenvalue weighted by Crippen LogP contribution is 2.25. The molecule has 0 spiro atoms. The van der Waals surface area contributed by atoms with Crippen molar-refractivity contribution in [3.05, 3.63) is 11.7 Å². The molecule has 1 aromatic rings. The number of ether oxygens (including phenoxy) is 1. The first-order valence-electron chi connectivity index (χ1n) is 6.25. The van der Waals surface area contributed by atoms with Crippen molar-refractivity contribution in [2.24, 2.45) is 11.8 Å². The number of esters is 1. The lowest BCUT2D eigenvalue weighted by atomic mass is 9.99. The van der Waals surface area contributed by atoms with Crippen LogP contribution >= 0.6 is 0 Å². The number of carbonyl (C=O) groups is 1. The minimum absolute atomic E-state index is 0.0523. The molecule has 1 saturated heterocycles. The van der Waals surface area contributed by atoms with Gasteiger partial charge in [0.15, 0.2) is 5.82 Å². The fourth-order valence-electron chi connectivity index (χ4n) is 2.34. The van der Waals surface area contributed by atoms with Crippen molar-refractivity contribution in [2.45, 2.75) is 26.8 Å². The topological polar surface area (TPSA) is 68.5 Å². The zero-order valence-corrected chi connectivity index (χ0v) is 11.0. The van der Waals surface area contributed by atoms with Gasteiger partial charge in [-0.05, 0) is 5.92 Å². The van der Waals surface area contributed by atoms with Gasteiger partial charge in [-0.25, -0.2) is 0 Å². The molecule has 1 aromatic heterocycles. The zero-order chi connectivity index (χ0) is 13.1. The van der Waals surface area contributed by atoms with Gasteiger partial charge in [0, 0.05) is 19.5 Å². The molecular weight excluding hydrogens is 234 g/mol. The summed E-state index contributed by atoms with van der Waals surface area (Å²) in [7, 11) is 1.43. The van der Waals surface area contributed by atoms with Crippen LogP contribution in [0.4, 0.5) is 0 Å². The summed E-state index contributed by atoms with van der Waals surface area (Å²) in [6.07, 6.45) is 0.769. The molecule has 1 aliphatic rings. The second-order valence-electron chi connectivity index (χ2n) is 4.76. The van der Waals surface area contributed by atoms with E-state index in [1.54, 1.807) is 0 Å². The van der Waals surface area contributed by atoms with E-state index in [4.69, 9.17) is 9.26 Å². The molecular formula is C12H19N3O3. The van der Waals surface area contributed by atoms with Gasteiger partial charge < -0.3 is 9.26 Å². The minimum atomic E-state index is -0.134. The van der Waals surface area contributed by atoms with Crippen LogP contribution < -0.4 is 0 Å². The summed E-state index contributed by atoms with van der Waals surface area (Å²) in [6, 6.07) is 0. The molecule has 2 heterocycles. The quantitative estimate of drug-likeness (QED) is 0.742.